The van der Waals surface area contributed by atoms with E-state index in [0.29, 0.717) is 12.0 Å². The molecule has 0 radical (unpaired) electrons. The normalized spacial score (nSPS) is 32.9. The van der Waals surface area contributed by atoms with E-state index in [1.807, 2.05) is 19.9 Å². The minimum Gasteiger partial charge on any atom is -0.382 e. The first-order chi connectivity index (χ1) is 9.46. The number of aliphatic hydroxyl groups is 1. The highest BCUT2D eigenvalue weighted by Gasteiger charge is 2.50. The van der Waals surface area contributed by atoms with Crippen molar-refractivity contribution >= 4 is 5.78 Å². The van der Waals surface area contributed by atoms with Crippen LogP contribution in [0.25, 0.3) is 0 Å². The highest BCUT2D eigenvalue weighted by atomic mass is 16.8. The Kier molecular flexibility index (Phi) is 3.38. The average molecular weight is 278 g/mol. The van der Waals surface area contributed by atoms with E-state index in [0.717, 1.165) is 0 Å². The van der Waals surface area contributed by atoms with E-state index in [1.165, 1.54) is 0 Å². The van der Waals surface area contributed by atoms with Gasteiger partial charge < -0.3 is 19.3 Å². The molecule has 0 aliphatic carbocycles. The summed E-state index contributed by atoms with van der Waals surface area (Å²) in [5.41, 5.74) is 0.475. The second-order valence-corrected chi connectivity index (χ2v) is 5.63. The predicted octanol–water partition coefficient (Wildman–Crippen LogP) is 1.50. The quantitative estimate of drug-likeness (QED) is 0.849. The number of carbonyl (C=O) groups is 1. The first kappa shape index (κ1) is 13.7. The minimum atomic E-state index is -1.20. The van der Waals surface area contributed by atoms with E-state index in [2.05, 4.69) is 0 Å². The van der Waals surface area contributed by atoms with Crippen molar-refractivity contribution in [2.45, 2.75) is 50.7 Å². The largest absolute Gasteiger partial charge is 0.382 e. The zero-order valence-corrected chi connectivity index (χ0v) is 11.5. The van der Waals surface area contributed by atoms with Crippen molar-refractivity contribution in [1.29, 1.82) is 0 Å². The summed E-state index contributed by atoms with van der Waals surface area (Å²) in [6, 6.07) is 8.70. The Balaban J connectivity index is 1.66. The highest BCUT2D eigenvalue weighted by Crippen LogP contribution is 2.38. The minimum absolute atomic E-state index is 0.228. The van der Waals surface area contributed by atoms with Gasteiger partial charge >= 0.3 is 0 Å². The molecule has 3 rings (SSSR count). The molecule has 0 aromatic heterocycles. The lowest BCUT2D eigenvalue weighted by Gasteiger charge is -2.22. The lowest BCUT2D eigenvalue weighted by atomic mass is 10.00. The van der Waals surface area contributed by atoms with Crippen LogP contribution in [0.1, 0.15) is 30.6 Å². The number of aliphatic hydroxyl groups excluding tert-OH is 1. The molecule has 20 heavy (non-hydrogen) atoms. The number of fused-ring (bicyclic) bond motifs is 1. The third-order valence-electron chi connectivity index (χ3n) is 3.59. The third-order valence-corrected chi connectivity index (χ3v) is 3.59. The van der Waals surface area contributed by atoms with Crippen LogP contribution < -0.4 is 0 Å². The van der Waals surface area contributed by atoms with Gasteiger partial charge in [0.15, 0.2) is 17.9 Å². The van der Waals surface area contributed by atoms with Crippen molar-refractivity contribution in [3.63, 3.8) is 0 Å². The van der Waals surface area contributed by atoms with Gasteiger partial charge in [0.05, 0.1) is 6.10 Å². The standard InChI is InChI=1S/C15H18O5/c1-15(2)19-11-8-10(18-14(11)20-15)13(17)12(16)9-6-4-3-5-7-9/h3-7,10-11,13-14,17H,8H2,1-2H3/t10-,11+,13?,14+/m0/s1. The molecule has 4 atom stereocenters. The molecule has 1 N–H and O–H groups in total. The number of rotatable bonds is 3. The van der Waals surface area contributed by atoms with Crippen molar-refractivity contribution < 1.29 is 24.1 Å². The molecule has 1 aromatic rings. The van der Waals surface area contributed by atoms with Crippen molar-refractivity contribution in [2.24, 2.45) is 0 Å². The monoisotopic (exact) mass is 278 g/mol. The smallest absolute Gasteiger partial charge is 0.193 e. The number of hydrogen-bond donors (Lipinski definition) is 1. The zero-order chi connectivity index (χ0) is 14.3. The molecule has 0 amide bonds. The number of ketones is 1. The van der Waals surface area contributed by atoms with Gasteiger partial charge in [-0.3, -0.25) is 4.79 Å². The third kappa shape index (κ3) is 2.50. The number of hydrogen-bond acceptors (Lipinski definition) is 5. The van der Waals surface area contributed by atoms with Crippen LogP contribution in [-0.2, 0) is 14.2 Å². The van der Waals surface area contributed by atoms with E-state index in [-0.39, 0.29) is 11.9 Å². The van der Waals surface area contributed by atoms with Crippen molar-refractivity contribution in [2.75, 3.05) is 0 Å². The average Bonchev–Trinajstić information content (AvgIpc) is 2.91. The van der Waals surface area contributed by atoms with Crippen molar-refractivity contribution in [3.8, 4) is 0 Å². The molecule has 1 unspecified atom stereocenters. The number of carbonyl (C=O) groups excluding carboxylic acids is 1. The van der Waals surface area contributed by atoms with Crippen LogP contribution in [0.5, 0.6) is 0 Å². The fraction of sp³-hybridized carbons (Fsp3) is 0.533. The summed E-state index contributed by atoms with van der Waals surface area (Å²) in [6.07, 6.45) is -2.07. The molecular weight excluding hydrogens is 260 g/mol. The maximum Gasteiger partial charge on any atom is 0.193 e. The highest BCUT2D eigenvalue weighted by molar-refractivity contribution is 5.99. The van der Waals surface area contributed by atoms with E-state index in [1.54, 1.807) is 24.3 Å². The van der Waals surface area contributed by atoms with Crippen molar-refractivity contribution in [1.82, 2.24) is 0 Å². The van der Waals surface area contributed by atoms with Crippen LogP contribution in [0.4, 0.5) is 0 Å². The van der Waals surface area contributed by atoms with Crippen LogP contribution in [0, 0.1) is 0 Å². The molecule has 2 aliphatic rings. The van der Waals surface area contributed by atoms with Gasteiger partial charge in [-0.15, -0.1) is 0 Å². The fourth-order valence-corrected chi connectivity index (χ4v) is 2.68. The predicted molar refractivity (Wildman–Crippen MR) is 70.1 cm³/mol. The SMILES string of the molecule is CC1(C)O[C@H]2O[C@H](C(O)C(=O)c3ccccc3)C[C@H]2O1. The molecule has 0 bridgehead atoms. The molecule has 0 spiro atoms. The van der Waals surface area contributed by atoms with Crippen molar-refractivity contribution in [3.05, 3.63) is 35.9 Å². The van der Waals surface area contributed by atoms with Crippen LogP contribution >= 0.6 is 0 Å². The van der Waals surface area contributed by atoms with Gasteiger partial charge in [0.2, 0.25) is 0 Å². The second-order valence-electron chi connectivity index (χ2n) is 5.63. The topological polar surface area (TPSA) is 65.0 Å². The first-order valence-electron chi connectivity index (χ1n) is 6.75. The summed E-state index contributed by atoms with van der Waals surface area (Å²) < 4.78 is 16.8. The number of benzene rings is 1. The second kappa shape index (κ2) is 4.93. The summed E-state index contributed by atoms with van der Waals surface area (Å²) in [5.74, 6) is -1.01. The molecular formula is C15H18O5. The molecule has 1 aromatic carbocycles. The van der Waals surface area contributed by atoms with Crippen LogP contribution in [0.15, 0.2) is 30.3 Å². The zero-order valence-electron chi connectivity index (χ0n) is 11.5. The van der Waals surface area contributed by atoms with Gasteiger partial charge in [0, 0.05) is 12.0 Å². The molecule has 2 heterocycles. The molecule has 5 heteroatoms. The van der Waals surface area contributed by atoms with E-state index >= 15 is 0 Å². The molecule has 0 saturated carbocycles. The van der Waals surface area contributed by atoms with Gasteiger partial charge in [-0.05, 0) is 13.8 Å². The van der Waals surface area contributed by atoms with Gasteiger partial charge in [-0.25, -0.2) is 0 Å². The fourth-order valence-electron chi connectivity index (χ4n) is 2.68. The van der Waals surface area contributed by atoms with Crippen LogP contribution in [0.3, 0.4) is 0 Å². The summed E-state index contributed by atoms with van der Waals surface area (Å²) in [7, 11) is 0. The maximum absolute atomic E-state index is 12.2. The summed E-state index contributed by atoms with van der Waals surface area (Å²) >= 11 is 0. The van der Waals surface area contributed by atoms with Gasteiger partial charge in [0.25, 0.3) is 0 Å². The summed E-state index contributed by atoms with van der Waals surface area (Å²) in [5, 5.41) is 10.2. The van der Waals surface area contributed by atoms with Gasteiger partial charge in [-0.2, -0.15) is 0 Å². The maximum atomic E-state index is 12.2. The van der Waals surface area contributed by atoms with Gasteiger partial charge in [-0.1, -0.05) is 30.3 Å². The van der Waals surface area contributed by atoms with Crippen LogP contribution in [0.2, 0.25) is 0 Å². The first-order valence-corrected chi connectivity index (χ1v) is 6.75. The molecule has 2 fully saturated rings. The Morgan fingerprint density at radius 1 is 1.30 bits per heavy atom. The number of Topliss-reactive ketones (excluding diaryl/α,β-unsaturated/α-hetero) is 1. The van der Waals surface area contributed by atoms with E-state index < -0.39 is 24.3 Å². The Hall–Kier alpha value is -1.27. The molecule has 2 saturated heterocycles. The molecule has 5 nitrogen and oxygen atoms in total. The van der Waals surface area contributed by atoms with E-state index in [4.69, 9.17) is 14.2 Å². The lowest BCUT2D eigenvalue weighted by molar-refractivity contribution is -0.211. The molecule has 2 aliphatic heterocycles. The Bertz CT molecular complexity index is 482. The number of ether oxygens (including phenoxy) is 3. The Morgan fingerprint density at radius 3 is 2.65 bits per heavy atom. The molecule has 108 valence electrons. The Labute approximate surface area is 117 Å². The van der Waals surface area contributed by atoms with Gasteiger partial charge in [0.1, 0.15) is 12.2 Å². The van der Waals surface area contributed by atoms with Crippen LogP contribution in [-0.4, -0.2) is 41.3 Å². The summed E-state index contributed by atoms with van der Waals surface area (Å²) in [4.78, 5) is 12.2. The van der Waals surface area contributed by atoms with E-state index in [9.17, 15) is 9.90 Å². The summed E-state index contributed by atoms with van der Waals surface area (Å²) in [6.45, 7) is 3.63. The lowest BCUT2D eigenvalue weighted by Crippen LogP contribution is -2.36. The Morgan fingerprint density at radius 2 is 2.00 bits per heavy atom.